The van der Waals surface area contributed by atoms with Gasteiger partial charge in [0.25, 0.3) is 0 Å². The van der Waals surface area contributed by atoms with Crippen molar-refractivity contribution in [2.45, 2.75) is 26.4 Å². The molecule has 0 amide bonds. The number of aromatic nitrogens is 4. The highest BCUT2D eigenvalue weighted by atomic mass is 15.3. The summed E-state index contributed by atoms with van der Waals surface area (Å²) < 4.78 is 2.02. The van der Waals surface area contributed by atoms with E-state index < -0.39 is 0 Å². The van der Waals surface area contributed by atoms with Crippen LogP contribution in [0, 0.1) is 6.92 Å². The molecule has 0 aliphatic carbocycles. The normalized spacial score (nSPS) is 14.6. The summed E-state index contributed by atoms with van der Waals surface area (Å²) >= 11 is 0. The summed E-state index contributed by atoms with van der Waals surface area (Å²) in [6.07, 6.45) is 1.02. The van der Waals surface area contributed by atoms with E-state index in [-0.39, 0.29) is 0 Å². The summed E-state index contributed by atoms with van der Waals surface area (Å²) in [6.45, 7) is 4.67. The molecule has 2 aromatic rings. The maximum Gasteiger partial charge on any atom is 0.151 e. The zero-order valence-corrected chi connectivity index (χ0v) is 13.2. The Labute approximate surface area is 125 Å². The maximum atomic E-state index is 4.69. The third-order valence-electron chi connectivity index (χ3n) is 3.90. The highest BCUT2D eigenvalue weighted by molar-refractivity contribution is 5.43. The molecule has 0 aromatic carbocycles. The fraction of sp³-hybridized carbons (Fsp3) is 0.533. The largest absolute Gasteiger partial charge is 0.349 e. The molecule has 6 nitrogen and oxygen atoms in total. The summed E-state index contributed by atoms with van der Waals surface area (Å²) in [5.41, 5.74) is 4.85. The van der Waals surface area contributed by atoms with E-state index in [4.69, 9.17) is 0 Å². The highest BCUT2D eigenvalue weighted by Crippen LogP contribution is 2.25. The van der Waals surface area contributed by atoms with Gasteiger partial charge in [-0.3, -0.25) is 4.68 Å². The van der Waals surface area contributed by atoms with E-state index in [1.54, 1.807) is 0 Å². The van der Waals surface area contributed by atoms with E-state index >= 15 is 0 Å². The van der Waals surface area contributed by atoms with Gasteiger partial charge in [-0.2, -0.15) is 10.2 Å². The minimum Gasteiger partial charge on any atom is -0.349 e. The van der Waals surface area contributed by atoms with Gasteiger partial charge >= 0.3 is 0 Å². The Kier molecular flexibility index (Phi) is 3.63. The molecular weight excluding hydrogens is 264 g/mol. The molecular formula is C15H22N6. The van der Waals surface area contributed by atoms with Crippen molar-refractivity contribution in [2.75, 3.05) is 25.5 Å². The molecule has 6 heteroatoms. The molecule has 0 unspecified atom stereocenters. The molecule has 0 N–H and O–H groups in total. The van der Waals surface area contributed by atoms with Crippen molar-refractivity contribution in [3.05, 3.63) is 34.8 Å². The third-order valence-corrected chi connectivity index (χ3v) is 3.90. The van der Waals surface area contributed by atoms with Crippen LogP contribution >= 0.6 is 0 Å². The molecule has 3 rings (SSSR count). The molecule has 0 saturated heterocycles. The average Bonchev–Trinajstić information content (AvgIpc) is 2.75. The summed E-state index contributed by atoms with van der Waals surface area (Å²) in [5, 5.41) is 13.1. The first-order valence-corrected chi connectivity index (χ1v) is 7.28. The Balaban J connectivity index is 1.85. The van der Waals surface area contributed by atoms with Gasteiger partial charge in [0, 0.05) is 25.7 Å². The number of fused-ring (bicyclic) bond motifs is 1. The molecule has 0 radical (unpaired) electrons. The van der Waals surface area contributed by atoms with E-state index in [2.05, 4.69) is 39.2 Å². The Morgan fingerprint density at radius 3 is 2.71 bits per heavy atom. The molecule has 1 aliphatic rings. The van der Waals surface area contributed by atoms with Crippen LogP contribution in [0.2, 0.25) is 0 Å². The predicted molar refractivity (Wildman–Crippen MR) is 82.1 cm³/mol. The highest BCUT2D eigenvalue weighted by Gasteiger charge is 2.24. The second kappa shape index (κ2) is 5.44. The Morgan fingerprint density at radius 2 is 2.05 bits per heavy atom. The Bertz CT molecular complexity index is 628. The number of rotatable bonds is 3. The zero-order valence-electron chi connectivity index (χ0n) is 13.2. The fourth-order valence-corrected chi connectivity index (χ4v) is 2.84. The zero-order chi connectivity index (χ0) is 15.0. The van der Waals surface area contributed by atoms with Crippen LogP contribution < -0.4 is 4.90 Å². The van der Waals surface area contributed by atoms with E-state index in [0.29, 0.717) is 0 Å². The summed E-state index contributed by atoms with van der Waals surface area (Å²) in [5.74, 6) is 0.946. The van der Waals surface area contributed by atoms with Gasteiger partial charge < -0.3 is 9.80 Å². The SMILES string of the molecule is Cc1ccc(N2CCc3c(CN(C)C)nn(C)c3C2)nn1. The molecule has 0 bridgehead atoms. The lowest BCUT2D eigenvalue weighted by Gasteiger charge is -2.28. The van der Waals surface area contributed by atoms with E-state index in [1.165, 1.54) is 17.0 Å². The van der Waals surface area contributed by atoms with Gasteiger partial charge in [0.2, 0.25) is 0 Å². The number of aryl methyl sites for hydroxylation is 2. The summed E-state index contributed by atoms with van der Waals surface area (Å²) in [6, 6.07) is 4.06. The van der Waals surface area contributed by atoms with Gasteiger partial charge in [0.15, 0.2) is 5.82 Å². The van der Waals surface area contributed by atoms with Gasteiger partial charge in [-0.1, -0.05) is 0 Å². The van der Waals surface area contributed by atoms with Crippen molar-refractivity contribution in [1.29, 1.82) is 0 Å². The lowest BCUT2D eigenvalue weighted by molar-refractivity contribution is 0.393. The van der Waals surface area contributed by atoms with Crippen LogP contribution in [0.15, 0.2) is 12.1 Å². The second-order valence-electron chi connectivity index (χ2n) is 5.94. The second-order valence-corrected chi connectivity index (χ2v) is 5.94. The lowest BCUT2D eigenvalue weighted by Crippen LogP contribution is -2.32. The minimum atomic E-state index is 0.851. The van der Waals surface area contributed by atoms with Gasteiger partial charge in [0.05, 0.1) is 23.6 Å². The maximum absolute atomic E-state index is 4.69. The van der Waals surface area contributed by atoms with Crippen molar-refractivity contribution in [3.63, 3.8) is 0 Å². The molecule has 2 aromatic heterocycles. The van der Waals surface area contributed by atoms with Crippen molar-refractivity contribution in [1.82, 2.24) is 24.9 Å². The number of anilines is 1. The average molecular weight is 286 g/mol. The van der Waals surface area contributed by atoms with Crippen LogP contribution in [0.25, 0.3) is 0 Å². The predicted octanol–water partition coefficient (Wildman–Crippen LogP) is 1.14. The van der Waals surface area contributed by atoms with Crippen molar-refractivity contribution < 1.29 is 0 Å². The minimum absolute atomic E-state index is 0.851. The van der Waals surface area contributed by atoms with Gasteiger partial charge in [-0.25, -0.2) is 0 Å². The quantitative estimate of drug-likeness (QED) is 0.847. The summed E-state index contributed by atoms with van der Waals surface area (Å²) in [7, 11) is 6.19. The third kappa shape index (κ3) is 2.76. The van der Waals surface area contributed by atoms with Crippen molar-refractivity contribution in [2.24, 2.45) is 7.05 Å². The first-order valence-electron chi connectivity index (χ1n) is 7.28. The van der Waals surface area contributed by atoms with Crippen molar-refractivity contribution >= 4 is 5.82 Å². The smallest absolute Gasteiger partial charge is 0.151 e. The van der Waals surface area contributed by atoms with E-state index in [0.717, 1.165) is 37.6 Å². The van der Waals surface area contributed by atoms with E-state index in [9.17, 15) is 0 Å². The van der Waals surface area contributed by atoms with Crippen molar-refractivity contribution in [3.8, 4) is 0 Å². The lowest BCUT2D eigenvalue weighted by atomic mass is 10.0. The Morgan fingerprint density at radius 1 is 1.24 bits per heavy atom. The Hall–Kier alpha value is -1.95. The van der Waals surface area contributed by atoms with E-state index in [1.807, 2.05) is 30.8 Å². The molecule has 112 valence electrons. The van der Waals surface area contributed by atoms with Gasteiger partial charge in [-0.15, -0.1) is 5.10 Å². The summed E-state index contributed by atoms with van der Waals surface area (Å²) in [4.78, 5) is 4.44. The fourth-order valence-electron chi connectivity index (χ4n) is 2.84. The molecule has 0 saturated carbocycles. The number of hydrogen-bond acceptors (Lipinski definition) is 5. The van der Waals surface area contributed by atoms with Crippen LogP contribution in [0.3, 0.4) is 0 Å². The standard InChI is InChI=1S/C15H22N6/c1-11-5-6-15(17-16-11)21-8-7-12-13(9-19(2)3)18-20(4)14(12)10-21/h5-6H,7-10H2,1-4H3. The van der Waals surface area contributed by atoms with Crippen LogP contribution in [-0.4, -0.2) is 45.5 Å². The molecule has 0 atom stereocenters. The molecule has 0 spiro atoms. The molecule has 3 heterocycles. The van der Waals surface area contributed by atoms with Crippen LogP contribution in [-0.2, 0) is 26.6 Å². The van der Waals surface area contributed by atoms with Crippen LogP contribution in [0.1, 0.15) is 22.6 Å². The molecule has 0 fully saturated rings. The first-order chi connectivity index (χ1) is 10.0. The van der Waals surface area contributed by atoms with Gasteiger partial charge in [0.1, 0.15) is 0 Å². The molecule has 1 aliphatic heterocycles. The van der Waals surface area contributed by atoms with Gasteiger partial charge in [-0.05, 0) is 39.6 Å². The monoisotopic (exact) mass is 286 g/mol. The first kappa shape index (κ1) is 14.0. The number of nitrogens with zero attached hydrogens (tertiary/aromatic N) is 6. The van der Waals surface area contributed by atoms with Crippen LogP contribution in [0.4, 0.5) is 5.82 Å². The topological polar surface area (TPSA) is 50.1 Å². The van der Waals surface area contributed by atoms with Crippen LogP contribution in [0.5, 0.6) is 0 Å². The molecule has 21 heavy (non-hydrogen) atoms. The number of hydrogen-bond donors (Lipinski definition) is 0.